The summed E-state index contributed by atoms with van der Waals surface area (Å²) in [5.41, 5.74) is 0. The summed E-state index contributed by atoms with van der Waals surface area (Å²) in [7, 11) is -1.88. The molecule has 28 heavy (non-hydrogen) atoms. The lowest BCUT2D eigenvalue weighted by Gasteiger charge is -2.19. The van der Waals surface area contributed by atoms with Crippen LogP contribution in [-0.4, -0.2) is 94.9 Å². The Morgan fingerprint density at radius 1 is 0.750 bits per heavy atom. The smallest absolute Gasteiger partial charge is 0.402 e. The number of unbranched alkanes of at least 4 members (excludes halogenated alkanes) is 9. The maximum atomic E-state index is 8.90. The Hall–Kier alpha value is -0.255. The summed E-state index contributed by atoms with van der Waals surface area (Å²) in [6.07, 6.45) is 12.5. The topological polar surface area (TPSA) is 134 Å². The Kier molecular flexibility index (Phi) is 26.5. The van der Waals surface area contributed by atoms with Crippen molar-refractivity contribution in [3.63, 3.8) is 0 Å². The fourth-order valence-corrected chi connectivity index (χ4v) is 2.69. The first-order chi connectivity index (χ1) is 13.5. The molecule has 0 aliphatic rings. The molecule has 0 aromatic heterocycles. The molecule has 0 aliphatic heterocycles. The van der Waals surface area contributed by atoms with E-state index in [1.807, 2.05) is 0 Å². The van der Waals surface area contributed by atoms with E-state index in [2.05, 4.69) is 16.5 Å². The average Bonchev–Trinajstić information content (AvgIpc) is 2.68. The van der Waals surface area contributed by atoms with Crippen LogP contribution in [0.4, 0.5) is 0 Å². The van der Waals surface area contributed by atoms with E-state index in [1.165, 1.54) is 64.2 Å². The first-order valence-corrected chi connectivity index (χ1v) is 10.7. The Balaban J connectivity index is 0. The van der Waals surface area contributed by atoms with Gasteiger partial charge in [-0.15, -0.1) is 0 Å². The van der Waals surface area contributed by atoms with Crippen molar-refractivity contribution in [2.24, 2.45) is 0 Å². The van der Waals surface area contributed by atoms with Crippen molar-refractivity contribution >= 4 is 7.32 Å². The second-order valence-corrected chi connectivity index (χ2v) is 6.97. The molecule has 9 heteroatoms. The van der Waals surface area contributed by atoms with E-state index in [-0.39, 0.29) is 19.8 Å². The minimum Gasteiger partial charge on any atom is -0.402 e. The number of aliphatic hydroxyl groups excluding tert-OH is 4. The lowest BCUT2D eigenvalue weighted by molar-refractivity contribution is 0.0362. The molecule has 0 fully saturated rings. The van der Waals surface area contributed by atoms with Gasteiger partial charge in [0, 0.05) is 13.1 Å². The third-order valence-electron chi connectivity index (χ3n) is 4.31. The standard InChI is InChI=1S/C16H35NO2.C3H9BO5/c1-2-3-4-5-6-7-8-9-10-11-12-17(13-15-18)14-16-19;5-1-3(6)2-9-4(7)8/h18-19H,2-16H2,1H3;3,5-8H,1-2H2. The number of nitrogens with zero attached hydrogens (tertiary/aromatic N) is 1. The van der Waals surface area contributed by atoms with Gasteiger partial charge in [0.1, 0.15) is 0 Å². The molecular weight excluding hydrogens is 365 g/mol. The first kappa shape index (κ1) is 29.9. The molecule has 0 bridgehead atoms. The molecule has 1 unspecified atom stereocenters. The van der Waals surface area contributed by atoms with Crippen LogP contribution in [0.3, 0.4) is 0 Å². The summed E-state index contributed by atoms with van der Waals surface area (Å²) in [5, 5.41) is 50.5. The van der Waals surface area contributed by atoms with Crippen molar-refractivity contribution in [1.82, 2.24) is 4.90 Å². The van der Waals surface area contributed by atoms with E-state index in [0.29, 0.717) is 13.1 Å². The SMILES string of the molecule is CCCCCCCCCCCCN(CCO)CCO.OCC(O)COB(O)O. The van der Waals surface area contributed by atoms with E-state index in [1.54, 1.807) is 0 Å². The van der Waals surface area contributed by atoms with Crippen LogP contribution in [0.1, 0.15) is 71.1 Å². The third-order valence-corrected chi connectivity index (χ3v) is 4.31. The maximum Gasteiger partial charge on any atom is 0.633 e. The highest BCUT2D eigenvalue weighted by atomic mass is 16.6. The minimum atomic E-state index is -1.88. The molecule has 0 aromatic rings. The predicted octanol–water partition coefficient (Wildman–Crippen LogP) is 0.520. The summed E-state index contributed by atoms with van der Waals surface area (Å²) in [4.78, 5) is 2.14. The molecule has 0 aliphatic carbocycles. The van der Waals surface area contributed by atoms with Crippen LogP contribution >= 0.6 is 0 Å². The van der Waals surface area contributed by atoms with Crippen LogP contribution in [0.15, 0.2) is 0 Å². The summed E-state index contributed by atoms with van der Waals surface area (Å²) < 4.78 is 4.10. The highest BCUT2D eigenvalue weighted by Crippen LogP contribution is 2.10. The summed E-state index contributed by atoms with van der Waals surface area (Å²) in [5.74, 6) is 0. The molecule has 0 rings (SSSR count). The normalized spacial score (nSPS) is 12.0. The monoisotopic (exact) mass is 409 g/mol. The second kappa shape index (κ2) is 24.8. The van der Waals surface area contributed by atoms with Gasteiger partial charge < -0.3 is 35.1 Å². The number of aliphatic hydroxyl groups is 4. The zero-order chi connectivity index (χ0) is 21.5. The van der Waals surface area contributed by atoms with E-state index < -0.39 is 20.0 Å². The Labute approximate surface area is 171 Å². The lowest BCUT2D eigenvalue weighted by Crippen LogP contribution is -2.30. The van der Waals surface area contributed by atoms with Crippen LogP contribution in [-0.2, 0) is 4.65 Å². The van der Waals surface area contributed by atoms with Crippen molar-refractivity contribution in [2.75, 3.05) is 46.1 Å². The molecule has 0 spiro atoms. The molecule has 0 radical (unpaired) electrons. The minimum absolute atomic E-state index is 0.192. The lowest BCUT2D eigenvalue weighted by atomic mass is 10.1. The Bertz CT molecular complexity index is 283. The van der Waals surface area contributed by atoms with E-state index in [4.69, 9.17) is 30.5 Å². The largest absolute Gasteiger partial charge is 0.633 e. The molecule has 0 saturated heterocycles. The van der Waals surface area contributed by atoms with Gasteiger partial charge in [-0.1, -0.05) is 64.7 Å². The van der Waals surface area contributed by atoms with Crippen molar-refractivity contribution in [3.8, 4) is 0 Å². The molecule has 170 valence electrons. The van der Waals surface area contributed by atoms with Crippen molar-refractivity contribution in [1.29, 1.82) is 0 Å². The maximum absolute atomic E-state index is 8.90. The second-order valence-electron chi connectivity index (χ2n) is 6.97. The average molecular weight is 409 g/mol. The first-order valence-electron chi connectivity index (χ1n) is 10.7. The molecule has 0 aromatic carbocycles. The fraction of sp³-hybridized carbons (Fsp3) is 1.00. The van der Waals surface area contributed by atoms with Gasteiger partial charge in [-0.2, -0.15) is 0 Å². The molecule has 0 amide bonds. The zero-order valence-corrected chi connectivity index (χ0v) is 17.7. The molecule has 8 nitrogen and oxygen atoms in total. The van der Waals surface area contributed by atoms with Crippen LogP contribution in [0, 0.1) is 0 Å². The molecule has 1 atom stereocenters. The van der Waals surface area contributed by atoms with Gasteiger partial charge in [-0.05, 0) is 13.0 Å². The predicted molar refractivity (Wildman–Crippen MR) is 112 cm³/mol. The van der Waals surface area contributed by atoms with Gasteiger partial charge in [0.2, 0.25) is 0 Å². The van der Waals surface area contributed by atoms with E-state index in [9.17, 15) is 0 Å². The summed E-state index contributed by atoms with van der Waals surface area (Å²) in [6.45, 7) is 4.31. The number of hydrogen-bond acceptors (Lipinski definition) is 8. The van der Waals surface area contributed by atoms with Crippen molar-refractivity contribution in [3.05, 3.63) is 0 Å². The molecule has 0 saturated carbocycles. The van der Waals surface area contributed by atoms with Gasteiger partial charge in [0.05, 0.1) is 32.5 Å². The van der Waals surface area contributed by atoms with Gasteiger partial charge in [-0.3, -0.25) is 4.90 Å². The van der Waals surface area contributed by atoms with Crippen molar-refractivity contribution in [2.45, 2.75) is 77.2 Å². The van der Waals surface area contributed by atoms with Gasteiger partial charge in [0.25, 0.3) is 0 Å². The third kappa shape index (κ3) is 25.7. The van der Waals surface area contributed by atoms with E-state index >= 15 is 0 Å². The summed E-state index contributed by atoms with van der Waals surface area (Å²) >= 11 is 0. The zero-order valence-electron chi connectivity index (χ0n) is 17.7. The highest BCUT2D eigenvalue weighted by Gasteiger charge is 2.10. The van der Waals surface area contributed by atoms with E-state index in [0.717, 1.165) is 6.54 Å². The Morgan fingerprint density at radius 2 is 1.21 bits per heavy atom. The van der Waals surface area contributed by atoms with Crippen LogP contribution in [0.25, 0.3) is 0 Å². The van der Waals surface area contributed by atoms with Crippen LogP contribution in [0.2, 0.25) is 0 Å². The number of hydrogen-bond donors (Lipinski definition) is 6. The fourth-order valence-electron chi connectivity index (χ4n) is 2.69. The van der Waals surface area contributed by atoms with Gasteiger partial charge >= 0.3 is 7.32 Å². The van der Waals surface area contributed by atoms with Gasteiger partial charge in [0.15, 0.2) is 0 Å². The van der Waals surface area contributed by atoms with Crippen LogP contribution < -0.4 is 0 Å². The van der Waals surface area contributed by atoms with Crippen molar-refractivity contribution < 1.29 is 35.1 Å². The molecule has 0 heterocycles. The molecular formula is C19H44BNO7. The summed E-state index contributed by atoms with van der Waals surface area (Å²) in [6, 6.07) is 0. The Morgan fingerprint density at radius 3 is 1.61 bits per heavy atom. The molecule has 6 N–H and O–H groups in total. The number of rotatable bonds is 19. The van der Waals surface area contributed by atoms with Gasteiger partial charge in [-0.25, -0.2) is 0 Å². The van der Waals surface area contributed by atoms with Crippen LogP contribution in [0.5, 0.6) is 0 Å². The quantitative estimate of drug-likeness (QED) is 0.134. The highest BCUT2D eigenvalue weighted by molar-refractivity contribution is 6.32.